The van der Waals surface area contributed by atoms with Gasteiger partial charge in [-0.3, -0.25) is 4.79 Å². The average molecular weight is 331 g/mol. The molecule has 0 bridgehead atoms. The van der Waals surface area contributed by atoms with Crippen molar-refractivity contribution in [1.29, 1.82) is 0 Å². The fourth-order valence-corrected chi connectivity index (χ4v) is 2.98. The van der Waals surface area contributed by atoms with E-state index in [-0.39, 0.29) is 12.0 Å². The second-order valence-corrected chi connectivity index (χ2v) is 5.94. The lowest BCUT2D eigenvalue weighted by molar-refractivity contribution is -0.0227. The normalized spacial score (nSPS) is 18.0. The molecule has 1 atom stereocenters. The molecule has 23 heavy (non-hydrogen) atoms. The quantitative estimate of drug-likeness (QED) is 0.941. The molecule has 1 unspecified atom stereocenters. The smallest absolute Gasteiger partial charge is 0.254 e. The van der Waals surface area contributed by atoms with Crippen LogP contribution in [-0.2, 0) is 11.3 Å². The zero-order chi connectivity index (χ0) is 16.2. The molecule has 1 fully saturated rings. The number of ether oxygens (including phenoxy) is 1. The second kappa shape index (κ2) is 7.13. The van der Waals surface area contributed by atoms with Gasteiger partial charge in [0.2, 0.25) is 0 Å². The van der Waals surface area contributed by atoms with E-state index < -0.39 is 0 Å². The Morgan fingerprint density at radius 1 is 1.22 bits per heavy atom. The first kappa shape index (κ1) is 16.0. The van der Waals surface area contributed by atoms with E-state index in [1.165, 1.54) is 0 Å². The van der Waals surface area contributed by atoms with Crippen molar-refractivity contribution in [2.45, 2.75) is 12.6 Å². The predicted molar refractivity (Wildman–Crippen MR) is 90.4 cm³/mol. The third-order valence-corrected chi connectivity index (χ3v) is 4.39. The van der Waals surface area contributed by atoms with Crippen LogP contribution < -0.4 is 5.73 Å². The number of amides is 1. The Kier molecular flexibility index (Phi) is 4.96. The standard InChI is InChI=1S/C18H19ClN2O2/c19-16-4-2-1-3-15(16)17-12-21(9-10-23-17)18(22)14-7-5-13(11-20)6-8-14/h1-8,17H,9-12,20H2. The van der Waals surface area contributed by atoms with Gasteiger partial charge in [0, 0.05) is 29.2 Å². The molecule has 120 valence electrons. The first-order valence-electron chi connectivity index (χ1n) is 7.63. The molecule has 2 N–H and O–H groups in total. The van der Waals surface area contributed by atoms with Gasteiger partial charge >= 0.3 is 0 Å². The van der Waals surface area contributed by atoms with E-state index in [2.05, 4.69) is 0 Å². The van der Waals surface area contributed by atoms with Crippen LogP contribution in [0.2, 0.25) is 5.02 Å². The molecule has 0 aromatic heterocycles. The lowest BCUT2D eigenvalue weighted by Crippen LogP contribution is -2.42. The number of benzene rings is 2. The maximum Gasteiger partial charge on any atom is 0.254 e. The van der Waals surface area contributed by atoms with Gasteiger partial charge in [-0.05, 0) is 23.8 Å². The minimum Gasteiger partial charge on any atom is -0.370 e. The maximum absolute atomic E-state index is 12.7. The van der Waals surface area contributed by atoms with Crippen LogP contribution in [-0.4, -0.2) is 30.5 Å². The van der Waals surface area contributed by atoms with E-state index in [4.69, 9.17) is 22.1 Å². The van der Waals surface area contributed by atoms with E-state index in [9.17, 15) is 4.79 Å². The third-order valence-electron chi connectivity index (χ3n) is 4.04. The summed E-state index contributed by atoms with van der Waals surface area (Å²) in [5.74, 6) is 0.00826. The fourth-order valence-electron chi connectivity index (χ4n) is 2.72. The molecule has 1 aliphatic rings. The van der Waals surface area contributed by atoms with E-state index in [0.717, 1.165) is 11.1 Å². The summed E-state index contributed by atoms with van der Waals surface area (Å²) in [6, 6.07) is 15.0. The highest BCUT2D eigenvalue weighted by molar-refractivity contribution is 6.31. The summed E-state index contributed by atoms with van der Waals surface area (Å²) in [7, 11) is 0. The topological polar surface area (TPSA) is 55.6 Å². The lowest BCUT2D eigenvalue weighted by atomic mass is 10.1. The second-order valence-electron chi connectivity index (χ2n) is 5.53. The molecule has 1 amide bonds. The molecule has 0 aliphatic carbocycles. The van der Waals surface area contributed by atoms with Crippen LogP contribution in [0.15, 0.2) is 48.5 Å². The minimum atomic E-state index is -0.190. The van der Waals surface area contributed by atoms with Crippen LogP contribution in [0, 0.1) is 0 Å². The Balaban J connectivity index is 1.75. The van der Waals surface area contributed by atoms with Crippen molar-refractivity contribution in [1.82, 2.24) is 4.90 Å². The molecule has 2 aromatic carbocycles. The Morgan fingerprint density at radius 2 is 1.96 bits per heavy atom. The van der Waals surface area contributed by atoms with Crippen LogP contribution in [0.5, 0.6) is 0 Å². The summed E-state index contributed by atoms with van der Waals surface area (Å²) in [6.07, 6.45) is -0.190. The van der Waals surface area contributed by atoms with Gasteiger partial charge in [0.15, 0.2) is 0 Å². The summed E-state index contributed by atoms with van der Waals surface area (Å²) >= 11 is 6.24. The van der Waals surface area contributed by atoms with Crippen LogP contribution in [0.25, 0.3) is 0 Å². The highest BCUT2D eigenvalue weighted by Crippen LogP contribution is 2.28. The molecule has 0 radical (unpaired) electrons. The highest BCUT2D eigenvalue weighted by atomic mass is 35.5. The van der Waals surface area contributed by atoms with Crippen LogP contribution >= 0.6 is 11.6 Å². The first-order chi connectivity index (χ1) is 11.2. The number of halogens is 1. The summed E-state index contributed by atoms with van der Waals surface area (Å²) < 4.78 is 5.80. The predicted octanol–water partition coefficient (Wildman–Crippen LogP) is 3.01. The molecule has 0 saturated carbocycles. The van der Waals surface area contributed by atoms with Crippen LogP contribution in [0.4, 0.5) is 0 Å². The maximum atomic E-state index is 12.7. The minimum absolute atomic E-state index is 0.00826. The summed E-state index contributed by atoms with van der Waals surface area (Å²) in [6.45, 7) is 2.06. The van der Waals surface area contributed by atoms with Crippen LogP contribution in [0.1, 0.15) is 27.6 Å². The van der Waals surface area contributed by atoms with E-state index >= 15 is 0 Å². The Morgan fingerprint density at radius 3 is 2.65 bits per heavy atom. The number of morpholine rings is 1. The average Bonchev–Trinajstić information content (AvgIpc) is 2.62. The van der Waals surface area contributed by atoms with Gasteiger partial charge < -0.3 is 15.4 Å². The molecule has 5 heteroatoms. The van der Waals surface area contributed by atoms with Crippen molar-refractivity contribution in [3.05, 3.63) is 70.2 Å². The first-order valence-corrected chi connectivity index (χ1v) is 8.01. The number of carbonyl (C=O) groups is 1. The number of hydrogen-bond acceptors (Lipinski definition) is 3. The summed E-state index contributed by atoms with van der Waals surface area (Å²) in [5.41, 5.74) is 8.19. The van der Waals surface area contributed by atoms with Crippen molar-refractivity contribution in [2.24, 2.45) is 5.73 Å². The third kappa shape index (κ3) is 3.55. The zero-order valence-electron chi connectivity index (χ0n) is 12.7. The number of rotatable bonds is 3. The Bertz CT molecular complexity index is 688. The molecule has 3 rings (SSSR count). The largest absolute Gasteiger partial charge is 0.370 e. The molecular weight excluding hydrogens is 312 g/mol. The molecule has 1 aliphatic heterocycles. The zero-order valence-corrected chi connectivity index (χ0v) is 13.5. The highest BCUT2D eigenvalue weighted by Gasteiger charge is 2.27. The van der Waals surface area contributed by atoms with E-state index in [0.29, 0.717) is 36.8 Å². The van der Waals surface area contributed by atoms with Crippen molar-refractivity contribution in [3.8, 4) is 0 Å². The molecule has 1 saturated heterocycles. The number of nitrogens with two attached hydrogens (primary N) is 1. The molecule has 4 nitrogen and oxygen atoms in total. The summed E-state index contributed by atoms with van der Waals surface area (Å²) in [4.78, 5) is 14.5. The Labute approximate surface area is 140 Å². The van der Waals surface area contributed by atoms with Gasteiger partial charge in [-0.25, -0.2) is 0 Å². The molecule has 0 spiro atoms. The Hall–Kier alpha value is -1.88. The lowest BCUT2D eigenvalue weighted by Gasteiger charge is -2.33. The fraction of sp³-hybridized carbons (Fsp3) is 0.278. The monoisotopic (exact) mass is 330 g/mol. The number of hydrogen-bond donors (Lipinski definition) is 1. The van der Waals surface area contributed by atoms with Gasteiger partial charge in [-0.2, -0.15) is 0 Å². The van der Waals surface area contributed by atoms with Crippen molar-refractivity contribution < 1.29 is 9.53 Å². The van der Waals surface area contributed by atoms with E-state index in [1.54, 1.807) is 0 Å². The molecular formula is C18H19ClN2O2. The van der Waals surface area contributed by atoms with Gasteiger partial charge in [-0.15, -0.1) is 0 Å². The van der Waals surface area contributed by atoms with E-state index in [1.807, 2.05) is 53.4 Å². The molecule has 2 aromatic rings. The van der Waals surface area contributed by atoms with Gasteiger partial charge in [0.25, 0.3) is 5.91 Å². The SMILES string of the molecule is NCc1ccc(C(=O)N2CCOC(c3ccccc3Cl)C2)cc1. The van der Waals surface area contributed by atoms with Gasteiger partial charge in [0.05, 0.1) is 13.2 Å². The summed E-state index contributed by atoms with van der Waals surface area (Å²) in [5, 5.41) is 0.666. The number of nitrogens with zero attached hydrogens (tertiary/aromatic N) is 1. The molecule has 1 heterocycles. The van der Waals surface area contributed by atoms with Crippen molar-refractivity contribution in [2.75, 3.05) is 19.7 Å². The van der Waals surface area contributed by atoms with Crippen molar-refractivity contribution >= 4 is 17.5 Å². The van der Waals surface area contributed by atoms with Crippen molar-refractivity contribution in [3.63, 3.8) is 0 Å². The van der Waals surface area contributed by atoms with Gasteiger partial charge in [0.1, 0.15) is 6.10 Å². The van der Waals surface area contributed by atoms with Gasteiger partial charge in [-0.1, -0.05) is 41.9 Å². The van der Waals surface area contributed by atoms with Crippen LogP contribution in [0.3, 0.4) is 0 Å². The number of carbonyl (C=O) groups excluding carboxylic acids is 1.